The van der Waals surface area contributed by atoms with Gasteiger partial charge in [-0.25, -0.2) is 0 Å². The molecule has 0 aliphatic rings. The van der Waals surface area contributed by atoms with E-state index in [1.54, 1.807) is 0 Å². The van der Waals surface area contributed by atoms with Gasteiger partial charge in [0.1, 0.15) is 13.2 Å². The van der Waals surface area contributed by atoms with E-state index >= 15 is 0 Å². The lowest BCUT2D eigenvalue weighted by Gasteiger charge is -2.18. The molecule has 6 heteroatoms. The van der Waals surface area contributed by atoms with Gasteiger partial charge in [-0.15, -0.1) is 0 Å². The zero-order chi connectivity index (χ0) is 40.1. The summed E-state index contributed by atoms with van der Waals surface area (Å²) in [5, 5.41) is 0. The van der Waals surface area contributed by atoms with Crippen molar-refractivity contribution in [3.05, 3.63) is 97.2 Å². The fourth-order valence-corrected chi connectivity index (χ4v) is 5.47. The average molecular weight is 763 g/mol. The van der Waals surface area contributed by atoms with Gasteiger partial charge >= 0.3 is 17.9 Å². The molecule has 0 aromatic carbocycles. The first kappa shape index (κ1) is 51.3. The zero-order valence-corrected chi connectivity index (χ0v) is 35.1. The van der Waals surface area contributed by atoms with Crippen LogP contribution in [0.2, 0.25) is 0 Å². The molecule has 0 heterocycles. The van der Waals surface area contributed by atoms with Gasteiger partial charge in [-0.3, -0.25) is 14.4 Å². The number of carbonyl (C=O) groups excluding carboxylic acids is 3. The predicted octanol–water partition coefficient (Wildman–Crippen LogP) is 13.9. The number of unbranched alkanes of at least 4 members (excludes halogenated alkanes) is 13. The van der Waals surface area contributed by atoms with E-state index in [1.807, 2.05) is 36.5 Å². The molecular weight excluding hydrogens is 685 g/mol. The molecule has 0 aromatic rings. The Morgan fingerprint density at radius 3 is 1.24 bits per heavy atom. The van der Waals surface area contributed by atoms with E-state index in [2.05, 4.69) is 81.5 Å². The summed E-state index contributed by atoms with van der Waals surface area (Å²) in [7, 11) is 0. The van der Waals surface area contributed by atoms with Gasteiger partial charge in [0.2, 0.25) is 0 Å². The number of ether oxygens (including phenoxy) is 3. The van der Waals surface area contributed by atoms with Crippen LogP contribution in [-0.4, -0.2) is 37.2 Å². The van der Waals surface area contributed by atoms with Crippen LogP contribution in [0.25, 0.3) is 0 Å². The summed E-state index contributed by atoms with van der Waals surface area (Å²) in [6.45, 7) is 6.18. The van der Waals surface area contributed by atoms with Gasteiger partial charge in [0.25, 0.3) is 0 Å². The van der Waals surface area contributed by atoms with E-state index in [9.17, 15) is 14.4 Å². The molecule has 0 spiro atoms. The minimum atomic E-state index is -0.805. The summed E-state index contributed by atoms with van der Waals surface area (Å²) >= 11 is 0. The Labute approximate surface area is 337 Å². The Kier molecular flexibility index (Phi) is 40.2. The summed E-state index contributed by atoms with van der Waals surface area (Å²) in [5.74, 6) is -0.988. The highest BCUT2D eigenvalue weighted by molar-refractivity contribution is 5.71. The number of carbonyl (C=O) groups is 3. The Morgan fingerprint density at radius 1 is 0.382 bits per heavy atom. The summed E-state index contributed by atoms with van der Waals surface area (Å²) in [6, 6.07) is 0. The summed E-state index contributed by atoms with van der Waals surface area (Å²) in [6.07, 6.45) is 55.3. The minimum Gasteiger partial charge on any atom is -0.462 e. The maximum Gasteiger partial charge on any atom is 0.306 e. The van der Waals surface area contributed by atoms with Crippen molar-refractivity contribution in [2.75, 3.05) is 13.2 Å². The van der Waals surface area contributed by atoms with Crippen LogP contribution >= 0.6 is 0 Å². The van der Waals surface area contributed by atoms with Crippen molar-refractivity contribution < 1.29 is 28.6 Å². The Hall–Kier alpha value is -3.67. The lowest BCUT2D eigenvalue weighted by atomic mass is 10.1. The molecule has 0 fully saturated rings. The van der Waals surface area contributed by atoms with Crippen molar-refractivity contribution in [2.24, 2.45) is 0 Å². The van der Waals surface area contributed by atoms with E-state index in [-0.39, 0.29) is 31.1 Å². The molecule has 0 rings (SSSR count). The highest BCUT2D eigenvalue weighted by atomic mass is 16.6. The second-order valence-electron chi connectivity index (χ2n) is 13.9. The number of hydrogen-bond acceptors (Lipinski definition) is 6. The quantitative estimate of drug-likeness (QED) is 0.0206. The van der Waals surface area contributed by atoms with Gasteiger partial charge in [-0.05, 0) is 89.9 Å². The molecule has 55 heavy (non-hydrogen) atoms. The van der Waals surface area contributed by atoms with Gasteiger partial charge in [0.05, 0.1) is 0 Å². The molecule has 1 atom stereocenters. The second kappa shape index (κ2) is 43.1. The largest absolute Gasteiger partial charge is 0.462 e. The normalized spacial score (nSPS) is 13.0. The molecule has 0 bridgehead atoms. The number of hydrogen-bond donors (Lipinski definition) is 0. The number of esters is 3. The summed E-state index contributed by atoms with van der Waals surface area (Å²) in [5.41, 5.74) is 0. The van der Waals surface area contributed by atoms with Crippen molar-refractivity contribution >= 4 is 17.9 Å². The van der Waals surface area contributed by atoms with Gasteiger partial charge in [-0.2, -0.15) is 0 Å². The van der Waals surface area contributed by atoms with Crippen LogP contribution in [0.5, 0.6) is 0 Å². The molecule has 0 aliphatic heterocycles. The molecule has 0 saturated heterocycles. The third-order valence-corrected chi connectivity index (χ3v) is 8.66. The van der Waals surface area contributed by atoms with Crippen molar-refractivity contribution in [3.8, 4) is 0 Å². The molecule has 0 N–H and O–H groups in total. The van der Waals surface area contributed by atoms with Crippen LogP contribution in [0.1, 0.15) is 175 Å². The van der Waals surface area contributed by atoms with Crippen molar-refractivity contribution in [1.29, 1.82) is 0 Å². The Balaban J connectivity index is 4.51. The number of rotatable bonds is 37. The second-order valence-corrected chi connectivity index (χ2v) is 13.9. The summed E-state index contributed by atoms with van der Waals surface area (Å²) in [4.78, 5) is 37.7. The van der Waals surface area contributed by atoms with Crippen LogP contribution < -0.4 is 0 Å². The molecule has 0 amide bonds. The molecular formula is C49H78O6. The maximum absolute atomic E-state index is 12.7. The highest BCUT2D eigenvalue weighted by Crippen LogP contribution is 2.12. The molecule has 1 unspecified atom stereocenters. The first-order chi connectivity index (χ1) is 27.0. The van der Waals surface area contributed by atoms with Crippen LogP contribution in [0.3, 0.4) is 0 Å². The zero-order valence-electron chi connectivity index (χ0n) is 35.1. The molecule has 6 nitrogen and oxygen atoms in total. The van der Waals surface area contributed by atoms with Crippen LogP contribution in [-0.2, 0) is 28.6 Å². The van der Waals surface area contributed by atoms with E-state index in [1.165, 1.54) is 0 Å². The van der Waals surface area contributed by atoms with Crippen molar-refractivity contribution in [3.63, 3.8) is 0 Å². The fraction of sp³-hybridized carbons (Fsp3) is 0.612. The first-order valence-corrected chi connectivity index (χ1v) is 21.8. The highest BCUT2D eigenvalue weighted by Gasteiger charge is 2.19. The standard InChI is InChI=1S/C49H78O6/c1-4-7-10-13-16-19-22-25-28-30-33-36-39-42-48(51)54-45-46(55-49(52)43-40-37-34-31-27-24-21-18-15-12-9-6-3)44-53-47(50)41-38-35-32-29-26-23-20-17-14-11-8-5-2/h7-13,16-22,25,28,46H,4-6,14-15,23-24,26-27,29-45H2,1-3H3/b10-7-,11-8-,12-9-,16-13-,20-17-,21-18-,22-19-,28-25-. The van der Waals surface area contributed by atoms with E-state index in [0.29, 0.717) is 19.3 Å². The van der Waals surface area contributed by atoms with Gasteiger partial charge in [0.15, 0.2) is 6.10 Å². The fourth-order valence-electron chi connectivity index (χ4n) is 5.47. The van der Waals surface area contributed by atoms with Crippen LogP contribution in [0, 0.1) is 0 Å². The van der Waals surface area contributed by atoms with Crippen molar-refractivity contribution in [1.82, 2.24) is 0 Å². The van der Waals surface area contributed by atoms with Crippen LogP contribution in [0.15, 0.2) is 97.2 Å². The van der Waals surface area contributed by atoms with Crippen LogP contribution in [0.4, 0.5) is 0 Å². The van der Waals surface area contributed by atoms with E-state index in [4.69, 9.17) is 14.2 Å². The molecule has 0 saturated carbocycles. The van der Waals surface area contributed by atoms with E-state index < -0.39 is 6.10 Å². The van der Waals surface area contributed by atoms with E-state index in [0.717, 1.165) is 135 Å². The monoisotopic (exact) mass is 763 g/mol. The average Bonchev–Trinajstić information content (AvgIpc) is 3.18. The van der Waals surface area contributed by atoms with Crippen molar-refractivity contribution in [2.45, 2.75) is 181 Å². The Morgan fingerprint density at radius 2 is 0.745 bits per heavy atom. The Bertz CT molecular complexity index is 1150. The van der Waals surface area contributed by atoms with Gasteiger partial charge in [0, 0.05) is 19.3 Å². The minimum absolute atomic E-state index is 0.106. The van der Waals surface area contributed by atoms with Gasteiger partial charge < -0.3 is 14.2 Å². The lowest BCUT2D eigenvalue weighted by molar-refractivity contribution is -0.167. The molecule has 0 radical (unpaired) electrons. The molecule has 0 aromatic heterocycles. The molecule has 310 valence electrons. The molecule has 0 aliphatic carbocycles. The maximum atomic E-state index is 12.7. The van der Waals surface area contributed by atoms with Gasteiger partial charge in [-0.1, -0.05) is 163 Å². The number of allylic oxidation sites excluding steroid dienone is 16. The summed E-state index contributed by atoms with van der Waals surface area (Å²) < 4.78 is 16.6. The third kappa shape index (κ3) is 41.3. The lowest BCUT2D eigenvalue weighted by Crippen LogP contribution is -2.30. The smallest absolute Gasteiger partial charge is 0.306 e. The SMILES string of the molecule is CC\C=C/C=C\C=C/C=C\CCCCCC(=O)OCC(COC(=O)CCCCCCC/C=C\C/C=C\CC)OC(=O)CCCCCCC/C=C\C/C=C\CC. The third-order valence-electron chi connectivity index (χ3n) is 8.66. The topological polar surface area (TPSA) is 78.9 Å². The predicted molar refractivity (Wildman–Crippen MR) is 233 cm³/mol. The first-order valence-electron chi connectivity index (χ1n) is 21.8.